The molecule has 1 saturated heterocycles. The quantitative estimate of drug-likeness (QED) is 0.844. The molecule has 1 amide bonds. The number of ketones is 1. The lowest BCUT2D eigenvalue weighted by molar-refractivity contribution is 0.101. The van der Waals surface area contributed by atoms with Crippen LogP contribution in [0, 0.1) is 0 Å². The number of aromatic nitrogens is 1. The molecule has 1 aliphatic rings. The maximum atomic E-state index is 12.2. The number of pyridine rings is 1. The van der Waals surface area contributed by atoms with Gasteiger partial charge >= 0.3 is 6.09 Å². The molecule has 0 spiro atoms. The summed E-state index contributed by atoms with van der Waals surface area (Å²) in [4.78, 5) is 31.3. The van der Waals surface area contributed by atoms with Gasteiger partial charge in [-0.1, -0.05) is 11.6 Å². The van der Waals surface area contributed by atoms with E-state index >= 15 is 0 Å². The number of rotatable bonds is 3. The third-order valence-electron chi connectivity index (χ3n) is 4.82. The van der Waals surface area contributed by atoms with E-state index in [1.165, 1.54) is 11.8 Å². The molecule has 3 rings (SSSR count). The van der Waals surface area contributed by atoms with Crippen molar-refractivity contribution in [3.63, 3.8) is 0 Å². The van der Waals surface area contributed by atoms with Crippen molar-refractivity contribution in [3.05, 3.63) is 35.0 Å². The average Bonchev–Trinajstić information content (AvgIpc) is 2.61. The summed E-state index contributed by atoms with van der Waals surface area (Å²) in [5.74, 6) is -0.0609. The van der Waals surface area contributed by atoms with Crippen LogP contribution >= 0.6 is 11.6 Å². The molecule has 0 bridgehead atoms. The zero-order valence-electron chi connectivity index (χ0n) is 14.2. The fraction of sp³-hybridized carbons (Fsp3) is 0.389. The van der Waals surface area contributed by atoms with Gasteiger partial charge in [0.2, 0.25) is 0 Å². The van der Waals surface area contributed by atoms with E-state index in [9.17, 15) is 9.59 Å². The van der Waals surface area contributed by atoms with Crippen molar-refractivity contribution in [1.82, 2.24) is 9.88 Å². The van der Waals surface area contributed by atoms with Crippen LogP contribution in [0.2, 0.25) is 5.02 Å². The number of hydrogen-bond acceptors (Lipinski definition) is 4. The van der Waals surface area contributed by atoms with Crippen LogP contribution in [0.25, 0.3) is 10.9 Å². The minimum Gasteiger partial charge on any atom is -0.465 e. The number of hydrogen-bond donors (Lipinski definition) is 1. The van der Waals surface area contributed by atoms with Crippen molar-refractivity contribution < 1.29 is 14.7 Å². The van der Waals surface area contributed by atoms with E-state index in [1.807, 2.05) is 12.1 Å². The number of anilines is 1. The number of halogens is 1. The van der Waals surface area contributed by atoms with Crippen LogP contribution in [-0.2, 0) is 0 Å². The maximum absolute atomic E-state index is 12.2. The third kappa shape index (κ3) is 3.26. The second kappa shape index (κ2) is 6.88. The highest BCUT2D eigenvalue weighted by atomic mass is 35.5. The lowest BCUT2D eigenvalue weighted by Crippen LogP contribution is -2.45. The summed E-state index contributed by atoms with van der Waals surface area (Å²) in [5.41, 5.74) is 2.07. The molecule has 1 N–H and O–H groups in total. The van der Waals surface area contributed by atoms with Gasteiger partial charge in [0.25, 0.3) is 0 Å². The Morgan fingerprint density at radius 1 is 1.36 bits per heavy atom. The van der Waals surface area contributed by atoms with Crippen LogP contribution in [0.3, 0.4) is 0 Å². The molecule has 0 radical (unpaired) electrons. The van der Waals surface area contributed by atoms with Crippen LogP contribution in [0.4, 0.5) is 10.5 Å². The fourth-order valence-corrected chi connectivity index (χ4v) is 3.67. The van der Waals surface area contributed by atoms with E-state index in [0.29, 0.717) is 42.0 Å². The number of nitrogens with zero attached hydrogens (tertiary/aromatic N) is 3. The van der Waals surface area contributed by atoms with Crippen molar-refractivity contribution in [2.75, 3.05) is 25.0 Å². The molecule has 2 aromatic rings. The highest BCUT2D eigenvalue weighted by Crippen LogP contribution is 2.36. The first kappa shape index (κ1) is 17.5. The first-order valence-electron chi connectivity index (χ1n) is 8.19. The normalized spacial score (nSPS) is 15.4. The Morgan fingerprint density at radius 3 is 2.64 bits per heavy atom. The predicted octanol–water partition coefficient (Wildman–Crippen LogP) is 3.67. The summed E-state index contributed by atoms with van der Waals surface area (Å²) in [6, 6.07) is 5.40. The molecule has 6 nitrogen and oxygen atoms in total. The molecular formula is C18H20ClN3O3. The second-order valence-corrected chi connectivity index (χ2v) is 6.73. The van der Waals surface area contributed by atoms with Gasteiger partial charge in [0.15, 0.2) is 5.78 Å². The number of Topliss-reactive ketones (excluding diaryl/α,β-unsaturated/α-hetero) is 1. The SMILES string of the molecule is CC(=O)c1cc(Cl)c2cccnc2c1N1CCC(N(C)C(=O)O)CC1. The molecule has 1 aromatic heterocycles. The highest BCUT2D eigenvalue weighted by molar-refractivity contribution is 6.36. The number of benzene rings is 1. The van der Waals surface area contributed by atoms with Gasteiger partial charge in [-0.25, -0.2) is 4.79 Å². The summed E-state index contributed by atoms with van der Waals surface area (Å²) < 4.78 is 0. The smallest absolute Gasteiger partial charge is 0.407 e. The molecule has 1 fully saturated rings. The van der Waals surface area contributed by atoms with Gasteiger partial charge in [-0.05, 0) is 38.0 Å². The molecule has 1 aliphatic heterocycles. The monoisotopic (exact) mass is 361 g/mol. The largest absolute Gasteiger partial charge is 0.465 e. The number of amides is 1. The standard InChI is InChI=1S/C18H20ClN3O3/c1-11(23)14-10-15(19)13-4-3-7-20-16(13)17(14)22-8-5-12(6-9-22)21(2)18(24)25/h3-4,7,10,12H,5-6,8-9H2,1-2H3,(H,24,25). The molecule has 0 unspecified atom stereocenters. The maximum Gasteiger partial charge on any atom is 0.407 e. The molecule has 7 heteroatoms. The Morgan fingerprint density at radius 2 is 2.04 bits per heavy atom. The van der Waals surface area contributed by atoms with Gasteiger partial charge in [-0.15, -0.1) is 0 Å². The molecule has 25 heavy (non-hydrogen) atoms. The number of carboxylic acid groups (broad SMARTS) is 1. The minimum absolute atomic E-state index is 0.0129. The van der Waals surface area contributed by atoms with Crippen LogP contribution in [0.15, 0.2) is 24.4 Å². The predicted molar refractivity (Wildman–Crippen MR) is 97.8 cm³/mol. The van der Waals surface area contributed by atoms with E-state index in [2.05, 4.69) is 9.88 Å². The summed E-state index contributed by atoms with van der Waals surface area (Å²) in [6.45, 7) is 2.85. The van der Waals surface area contributed by atoms with Gasteiger partial charge in [0.05, 0.1) is 16.2 Å². The van der Waals surface area contributed by atoms with E-state index in [-0.39, 0.29) is 11.8 Å². The minimum atomic E-state index is -0.915. The van der Waals surface area contributed by atoms with Crippen LogP contribution in [0.1, 0.15) is 30.1 Å². The Hall–Kier alpha value is -2.34. The summed E-state index contributed by atoms with van der Waals surface area (Å²) in [7, 11) is 1.60. The van der Waals surface area contributed by atoms with Gasteiger partial charge in [0.1, 0.15) is 0 Å². The lowest BCUT2D eigenvalue weighted by atomic mass is 9.99. The molecule has 0 saturated carbocycles. The van der Waals surface area contributed by atoms with Crippen molar-refractivity contribution in [1.29, 1.82) is 0 Å². The van der Waals surface area contributed by atoms with Gasteiger partial charge in [-0.2, -0.15) is 0 Å². The van der Waals surface area contributed by atoms with E-state index in [4.69, 9.17) is 16.7 Å². The molecule has 1 aromatic carbocycles. The first-order valence-corrected chi connectivity index (χ1v) is 8.56. The third-order valence-corrected chi connectivity index (χ3v) is 5.14. The molecule has 132 valence electrons. The Labute approximate surface area is 151 Å². The summed E-state index contributed by atoms with van der Waals surface area (Å²) in [5, 5.41) is 10.5. The number of piperidine rings is 1. The fourth-order valence-electron chi connectivity index (χ4n) is 3.41. The Kier molecular flexibility index (Phi) is 4.81. The molecule has 0 aliphatic carbocycles. The van der Waals surface area contributed by atoms with Crippen molar-refractivity contribution in [2.24, 2.45) is 0 Å². The van der Waals surface area contributed by atoms with E-state index < -0.39 is 6.09 Å². The van der Waals surface area contributed by atoms with E-state index in [1.54, 1.807) is 19.3 Å². The Balaban J connectivity index is 1.99. The number of carbonyl (C=O) groups is 2. The topological polar surface area (TPSA) is 73.7 Å². The Bertz CT molecular complexity index is 832. The lowest BCUT2D eigenvalue weighted by Gasteiger charge is -2.37. The van der Waals surface area contributed by atoms with Crippen molar-refractivity contribution >= 4 is 40.1 Å². The van der Waals surface area contributed by atoms with E-state index in [0.717, 1.165) is 11.1 Å². The second-order valence-electron chi connectivity index (χ2n) is 6.32. The first-order chi connectivity index (χ1) is 11.9. The van der Waals surface area contributed by atoms with Gasteiger partial charge in [-0.3, -0.25) is 9.78 Å². The zero-order chi connectivity index (χ0) is 18.1. The number of carbonyl (C=O) groups excluding carboxylic acids is 1. The summed E-state index contributed by atoms with van der Waals surface area (Å²) in [6.07, 6.45) is 2.19. The average molecular weight is 362 g/mol. The summed E-state index contributed by atoms with van der Waals surface area (Å²) >= 11 is 6.33. The van der Waals surface area contributed by atoms with Crippen molar-refractivity contribution in [2.45, 2.75) is 25.8 Å². The van der Waals surface area contributed by atoms with Crippen LogP contribution < -0.4 is 4.90 Å². The number of fused-ring (bicyclic) bond motifs is 1. The van der Waals surface area contributed by atoms with Crippen molar-refractivity contribution in [3.8, 4) is 0 Å². The van der Waals surface area contributed by atoms with Gasteiger partial charge in [0, 0.05) is 43.3 Å². The highest BCUT2D eigenvalue weighted by Gasteiger charge is 2.28. The molecule has 0 atom stereocenters. The van der Waals surface area contributed by atoms with Crippen LogP contribution in [0.5, 0.6) is 0 Å². The van der Waals surface area contributed by atoms with Crippen LogP contribution in [-0.4, -0.2) is 53.0 Å². The van der Waals surface area contributed by atoms with Gasteiger partial charge < -0.3 is 14.9 Å². The molecule has 2 heterocycles. The molecular weight excluding hydrogens is 342 g/mol. The zero-order valence-corrected chi connectivity index (χ0v) is 15.0.